The number of aromatic amines is 1. The van der Waals surface area contributed by atoms with E-state index >= 15 is 0 Å². The number of hydrogen-bond acceptors (Lipinski definition) is 3. The van der Waals surface area contributed by atoms with E-state index in [2.05, 4.69) is 11.1 Å². The van der Waals surface area contributed by atoms with Gasteiger partial charge in [-0.1, -0.05) is 6.07 Å². The van der Waals surface area contributed by atoms with Crippen molar-refractivity contribution in [3.63, 3.8) is 0 Å². The van der Waals surface area contributed by atoms with Crippen molar-refractivity contribution in [1.29, 1.82) is 0 Å². The van der Waals surface area contributed by atoms with Gasteiger partial charge in [-0.3, -0.25) is 14.4 Å². The van der Waals surface area contributed by atoms with Gasteiger partial charge in [-0.15, -0.1) is 0 Å². The molecule has 0 radical (unpaired) electrons. The topological polar surface area (TPSA) is 73.5 Å². The highest BCUT2D eigenvalue weighted by atomic mass is 19.1. The van der Waals surface area contributed by atoms with Crippen LogP contribution in [0.1, 0.15) is 51.1 Å². The molecule has 2 bridgehead atoms. The number of H-pyrrole nitrogens is 1. The van der Waals surface area contributed by atoms with Gasteiger partial charge in [0.15, 0.2) is 0 Å². The first-order valence-electron chi connectivity index (χ1n) is 10.1. The summed E-state index contributed by atoms with van der Waals surface area (Å²) in [7, 11) is 0. The van der Waals surface area contributed by atoms with Crippen LogP contribution in [0.5, 0.6) is 0 Å². The molecule has 1 aromatic heterocycles. The second-order valence-electron chi connectivity index (χ2n) is 8.21. The van der Waals surface area contributed by atoms with E-state index < -0.39 is 17.3 Å². The van der Waals surface area contributed by atoms with E-state index in [0.717, 1.165) is 44.4 Å². The van der Waals surface area contributed by atoms with Crippen LogP contribution >= 0.6 is 0 Å². The van der Waals surface area contributed by atoms with Gasteiger partial charge in [0, 0.05) is 24.8 Å². The van der Waals surface area contributed by atoms with E-state index in [-0.39, 0.29) is 23.6 Å². The highest BCUT2D eigenvalue weighted by Crippen LogP contribution is 2.33. The summed E-state index contributed by atoms with van der Waals surface area (Å²) in [5.41, 5.74) is 2.52. The molecule has 5 rings (SSSR count). The molecule has 2 atom stereocenters. The van der Waals surface area contributed by atoms with Crippen LogP contribution in [0.2, 0.25) is 0 Å². The molecular weight excluding hydrogens is 373 g/mol. The summed E-state index contributed by atoms with van der Waals surface area (Å²) in [6.07, 6.45) is 5.83. The fourth-order valence-electron chi connectivity index (χ4n) is 5.04. The number of halogens is 1. The summed E-state index contributed by atoms with van der Waals surface area (Å²) in [6.45, 7) is 0.726. The largest absolute Gasteiger partial charge is 0.334 e. The minimum absolute atomic E-state index is 0.0166. The minimum atomic E-state index is -0.652. The molecule has 7 heteroatoms. The molecule has 1 aliphatic carbocycles. The maximum Gasteiger partial charge on any atom is 0.260 e. The molecule has 29 heavy (non-hydrogen) atoms. The Morgan fingerprint density at radius 2 is 1.72 bits per heavy atom. The lowest BCUT2D eigenvalue weighted by Gasteiger charge is -2.41. The summed E-state index contributed by atoms with van der Waals surface area (Å²) < 4.78 is 13.5. The quantitative estimate of drug-likeness (QED) is 0.847. The number of benzene rings is 1. The van der Waals surface area contributed by atoms with Gasteiger partial charge in [-0.2, -0.15) is 0 Å². The Kier molecular flexibility index (Phi) is 4.26. The summed E-state index contributed by atoms with van der Waals surface area (Å²) in [5.74, 6) is -1.11. The predicted molar refractivity (Wildman–Crippen MR) is 104 cm³/mol. The standard InChI is InChI=1S/C22H22FN3O3/c23-16-9-19(20(27)24-10-16)22(29)25-11-17-6-7-18(12-25)26(17)21(28)15-5-4-13-2-1-3-14(13)8-15/h4-5,8-10,17-18H,1-3,6-7,11-12H2,(H,24,27)/t17-,18+. The number of aromatic nitrogens is 1. The van der Waals surface area contributed by atoms with Crippen LogP contribution in [-0.2, 0) is 12.8 Å². The monoisotopic (exact) mass is 395 g/mol. The van der Waals surface area contributed by atoms with E-state index in [0.29, 0.717) is 18.7 Å². The number of nitrogens with one attached hydrogen (secondary N) is 1. The number of hydrogen-bond donors (Lipinski definition) is 1. The van der Waals surface area contributed by atoms with Crippen LogP contribution in [0, 0.1) is 5.82 Å². The molecule has 150 valence electrons. The minimum Gasteiger partial charge on any atom is -0.334 e. The Hall–Kier alpha value is -2.96. The summed E-state index contributed by atoms with van der Waals surface area (Å²) in [6, 6.07) is 6.82. The van der Waals surface area contributed by atoms with Gasteiger partial charge in [-0.05, 0) is 61.4 Å². The molecule has 3 heterocycles. The Labute approximate surface area is 167 Å². The van der Waals surface area contributed by atoms with Gasteiger partial charge in [-0.25, -0.2) is 4.39 Å². The average molecular weight is 395 g/mol. The highest BCUT2D eigenvalue weighted by molar-refractivity contribution is 5.96. The van der Waals surface area contributed by atoms with Crippen molar-refractivity contribution in [3.8, 4) is 0 Å². The Morgan fingerprint density at radius 3 is 2.48 bits per heavy atom. The molecule has 6 nitrogen and oxygen atoms in total. The molecule has 2 fully saturated rings. The first-order chi connectivity index (χ1) is 14.0. The number of rotatable bonds is 2. The van der Waals surface area contributed by atoms with Crippen molar-refractivity contribution in [2.24, 2.45) is 0 Å². The van der Waals surface area contributed by atoms with E-state index in [9.17, 15) is 18.8 Å². The highest BCUT2D eigenvalue weighted by Gasteiger charge is 2.44. The number of carbonyl (C=O) groups excluding carboxylic acids is 2. The van der Waals surface area contributed by atoms with Gasteiger partial charge in [0.1, 0.15) is 11.4 Å². The van der Waals surface area contributed by atoms with Crippen molar-refractivity contribution in [3.05, 3.63) is 68.9 Å². The van der Waals surface area contributed by atoms with E-state index in [1.54, 1.807) is 4.90 Å². The lowest BCUT2D eigenvalue weighted by atomic mass is 10.0. The number of likely N-dealkylation sites (tertiary alicyclic amines) is 1. The number of amides is 2. The number of carbonyl (C=O) groups is 2. The molecule has 1 aromatic carbocycles. The number of nitrogens with zero attached hydrogens (tertiary/aromatic N) is 2. The Balaban J connectivity index is 1.36. The first-order valence-corrected chi connectivity index (χ1v) is 10.1. The van der Waals surface area contributed by atoms with Crippen LogP contribution < -0.4 is 5.56 Å². The maximum atomic E-state index is 13.5. The lowest BCUT2D eigenvalue weighted by molar-refractivity contribution is 0.0359. The van der Waals surface area contributed by atoms with E-state index in [4.69, 9.17) is 0 Å². The zero-order chi connectivity index (χ0) is 20.1. The van der Waals surface area contributed by atoms with Gasteiger partial charge >= 0.3 is 0 Å². The summed E-state index contributed by atoms with van der Waals surface area (Å²) in [4.78, 5) is 43.7. The van der Waals surface area contributed by atoms with Crippen LogP contribution in [0.4, 0.5) is 4.39 Å². The first kappa shape index (κ1) is 18.1. The van der Waals surface area contributed by atoms with Gasteiger partial charge in [0.25, 0.3) is 17.4 Å². The zero-order valence-corrected chi connectivity index (χ0v) is 16.0. The molecular formula is C22H22FN3O3. The van der Waals surface area contributed by atoms with Crippen molar-refractivity contribution in [2.45, 2.75) is 44.2 Å². The van der Waals surface area contributed by atoms with Crippen LogP contribution in [0.25, 0.3) is 0 Å². The van der Waals surface area contributed by atoms with Gasteiger partial charge in [0.05, 0.1) is 12.1 Å². The third kappa shape index (κ3) is 3.05. The number of aryl methyl sites for hydroxylation is 2. The molecule has 2 aliphatic heterocycles. The number of piperazine rings is 1. The van der Waals surface area contributed by atoms with Crippen molar-refractivity contribution in [2.75, 3.05) is 13.1 Å². The zero-order valence-electron chi connectivity index (χ0n) is 16.0. The average Bonchev–Trinajstić information content (AvgIpc) is 3.29. The van der Waals surface area contributed by atoms with Crippen molar-refractivity contribution < 1.29 is 14.0 Å². The molecule has 2 aromatic rings. The molecule has 3 aliphatic rings. The molecule has 0 saturated carbocycles. The molecule has 1 N–H and O–H groups in total. The normalized spacial score (nSPS) is 22.7. The van der Waals surface area contributed by atoms with Crippen LogP contribution in [0.15, 0.2) is 35.3 Å². The molecule has 0 unspecified atom stereocenters. The molecule has 2 amide bonds. The van der Waals surface area contributed by atoms with Crippen molar-refractivity contribution in [1.82, 2.24) is 14.8 Å². The fourth-order valence-corrected chi connectivity index (χ4v) is 5.04. The van der Waals surface area contributed by atoms with E-state index in [1.165, 1.54) is 11.1 Å². The summed E-state index contributed by atoms with van der Waals surface area (Å²) in [5, 5.41) is 0. The molecule has 2 saturated heterocycles. The van der Waals surface area contributed by atoms with Crippen LogP contribution in [0.3, 0.4) is 0 Å². The maximum absolute atomic E-state index is 13.5. The number of pyridine rings is 1. The van der Waals surface area contributed by atoms with Crippen molar-refractivity contribution >= 4 is 11.8 Å². The molecule has 0 spiro atoms. The SMILES string of the molecule is O=C(c1cc(F)c[nH]c1=O)N1C[C@H]2CC[C@@H](C1)N2C(=O)c1ccc2c(c1)CCC2. The lowest BCUT2D eigenvalue weighted by Crippen LogP contribution is -2.57. The second-order valence-corrected chi connectivity index (χ2v) is 8.21. The van der Waals surface area contributed by atoms with Crippen LogP contribution in [-0.4, -0.2) is 51.8 Å². The number of fused-ring (bicyclic) bond motifs is 3. The Morgan fingerprint density at radius 1 is 1.00 bits per heavy atom. The fraction of sp³-hybridized carbons (Fsp3) is 0.409. The van der Waals surface area contributed by atoms with E-state index in [1.807, 2.05) is 17.0 Å². The second kappa shape index (κ2) is 6.83. The third-order valence-electron chi connectivity index (χ3n) is 6.45. The predicted octanol–water partition coefficient (Wildman–Crippen LogP) is 2.13. The van der Waals surface area contributed by atoms with Gasteiger partial charge < -0.3 is 14.8 Å². The third-order valence-corrected chi connectivity index (χ3v) is 6.45. The smallest absolute Gasteiger partial charge is 0.260 e. The summed E-state index contributed by atoms with van der Waals surface area (Å²) >= 11 is 0. The Bertz CT molecular complexity index is 1050. The van der Waals surface area contributed by atoms with Gasteiger partial charge in [0.2, 0.25) is 0 Å².